The Hall–Kier alpha value is -1.95. The molecule has 1 aromatic carbocycles. The van der Waals surface area contributed by atoms with Crippen molar-refractivity contribution in [2.75, 3.05) is 11.9 Å². The third kappa shape index (κ3) is 13.1. The molecule has 0 atom stereocenters. The fourth-order valence-corrected chi connectivity index (χ4v) is 3.64. The maximum absolute atomic E-state index is 12.3. The highest BCUT2D eigenvalue weighted by molar-refractivity contribution is 7.80. The molecule has 0 radical (unpaired) electrons. The minimum Gasteiger partial charge on any atom is -0.352 e. The van der Waals surface area contributed by atoms with Crippen molar-refractivity contribution in [3.8, 4) is 0 Å². The Morgan fingerprint density at radius 1 is 0.806 bits per heavy atom. The molecular weight excluding hydrogens is 406 g/mol. The second-order valence-corrected chi connectivity index (χ2v) is 8.50. The number of hydrogen-bond acceptors (Lipinski definition) is 3. The van der Waals surface area contributed by atoms with Crippen LogP contribution in [-0.4, -0.2) is 23.5 Å². The van der Waals surface area contributed by atoms with Gasteiger partial charge in [-0.1, -0.05) is 90.2 Å². The fourth-order valence-electron chi connectivity index (χ4n) is 3.42. The third-order valence-electron chi connectivity index (χ3n) is 5.22. The highest BCUT2D eigenvalue weighted by Crippen LogP contribution is 2.15. The molecule has 0 aliphatic carbocycles. The number of rotatable bonds is 16. The van der Waals surface area contributed by atoms with Gasteiger partial charge in [-0.2, -0.15) is 0 Å². The zero-order chi connectivity index (χ0) is 22.7. The van der Waals surface area contributed by atoms with Gasteiger partial charge in [-0.05, 0) is 37.2 Å². The summed E-state index contributed by atoms with van der Waals surface area (Å²) in [5, 5.41) is 8.79. The number of hydrogen-bond donors (Lipinski definition) is 3. The van der Waals surface area contributed by atoms with Crippen LogP contribution in [0.1, 0.15) is 108 Å². The van der Waals surface area contributed by atoms with E-state index in [1.807, 2.05) is 13.0 Å². The van der Waals surface area contributed by atoms with Gasteiger partial charge in [-0.3, -0.25) is 9.59 Å². The molecular formula is C25H41N3O2S. The van der Waals surface area contributed by atoms with Crippen LogP contribution in [0.25, 0.3) is 0 Å². The maximum atomic E-state index is 12.3. The number of nitrogens with one attached hydrogen (secondary N) is 3. The number of benzene rings is 1. The Kier molecular flexibility index (Phi) is 15.5. The molecule has 0 fully saturated rings. The Morgan fingerprint density at radius 3 is 2.00 bits per heavy atom. The van der Waals surface area contributed by atoms with E-state index in [1.54, 1.807) is 18.2 Å². The van der Waals surface area contributed by atoms with Crippen LogP contribution in [0.5, 0.6) is 0 Å². The van der Waals surface area contributed by atoms with Gasteiger partial charge in [0, 0.05) is 13.0 Å². The molecule has 0 bridgehead atoms. The first-order valence-electron chi connectivity index (χ1n) is 12.1. The molecule has 0 aliphatic heterocycles. The molecule has 0 heterocycles. The lowest BCUT2D eigenvalue weighted by molar-refractivity contribution is -0.119. The standard InChI is InChI=1S/C25H41N3O2S/c1-3-5-6-7-8-9-10-11-12-13-14-19-23(29)28-25(31)27-22-18-16-15-17-21(22)24(30)26-20-4-2/h15-18H,3-14,19-20H2,1-2H3,(H,26,30)(H2,27,28,29,31). The molecule has 0 unspecified atom stereocenters. The Labute approximate surface area is 194 Å². The van der Waals surface area contributed by atoms with Crippen molar-refractivity contribution in [3.63, 3.8) is 0 Å². The highest BCUT2D eigenvalue weighted by Gasteiger charge is 2.12. The van der Waals surface area contributed by atoms with E-state index in [9.17, 15) is 9.59 Å². The van der Waals surface area contributed by atoms with Gasteiger partial charge in [0.2, 0.25) is 5.91 Å². The van der Waals surface area contributed by atoms with Gasteiger partial charge in [0.1, 0.15) is 0 Å². The highest BCUT2D eigenvalue weighted by atomic mass is 32.1. The topological polar surface area (TPSA) is 70.2 Å². The third-order valence-corrected chi connectivity index (χ3v) is 5.42. The van der Waals surface area contributed by atoms with E-state index >= 15 is 0 Å². The number of anilines is 1. The summed E-state index contributed by atoms with van der Waals surface area (Å²) in [4.78, 5) is 24.4. The van der Waals surface area contributed by atoms with E-state index in [0.717, 1.165) is 19.3 Å². The number of para-hydroxylation sites is 1. The van der Waals surface area contributed by atoms with Crippen LogP contribution in [0.3, 0.4) is 0 Å². The van der Waals surface area contributed by atoms with Crippen LogP contribution in [0.15, 0.2) is 24.3 Å². The van der Waals surface area contributed by atoms with E-state index in [-0.39, 0.29) is 16.9 Å². The Bertz CT molecular complexity index is 664. The van der Waals surface area contributed by atoms with Gasteiger partial charge in [0.05, 0.1) is 11.3 Å². The molecule has 1 aromatic rings. The lowest BCUT2D eigenvalue weighted by atomic mass is 10.1. The molecule has 5 nitrogen and oxygen atoms in total. The minimum atomic E-state index is -0.153. The molecule has 0 saturated carbocycles. The normalized spacial score (nSPS) is 10.5. The lowest BCUT2D eigenvalue weighted by Gasteiger charge is -2.13. The van der Waals surface area contributed by atoms with E-state index in [2.05, 4.69) is 22.9 Å². The second-order valence-electron chi connectivity index (χ2n) is 8.09. The second kappa shape index (κ2) is 17.7. The molecule has 6 heteroatoms. The average Bonchev–Trinajstić information content (AvgIpc) is 2.76. The van der Waals surface area contributed by atoms with E-state index in [1.165, 1.54) is 57.8 Å². The maximum Gasteiger partial charge on any atom is 0.253 e. The zero-order valence-electron chi connectivity index (χ0n) is 19.4. The summed E-state index contributed by atoms with van der Waals surface area (Å²) in [6.07, 6.45) is 15.1. The zero-order valence-corrected chi connectivity index (χ0v) is 20.3. The molecule has 0 aromatic heterocycles. The number of unbranched alkanes of at least 4 members (excludes halogenated alkanes) is 10. The molecule has 0 spiro atoms. The van der Waals surface area contributed by atoms with E-state index in [0.29, 0.717) is 24.2 Å². The van der Waals surface area contributed by atoms with Crippen molar-refractivity contribution in [3.05, 3.63) is 29.8 Å². The first-order valence-corrected chi connectivity index (χ1v) is 12.5. The summed E-state index contributed by atoms with van der Waals surface area (Å²) < 4.78 is 0. The monoisotopic (exact) mass is 447 g/mol. The Morgan fingerprint density at radius 2 is 1.39 bits per heavy atom. The van der Waals surface area contributed by atoms with Crippen LogP contribution in [-0.2, 0) is 4.79 Å². The quantitative estimate of drug-likeness (QED) is 0.204. The van der Waals surface area contributed by atoms with Gasteiger partial charge in [-0.15, -0.1) is 0 Å². The fraction of sp³-hybridized carbons (Fsp3) is 0.640. The van der Waals surface area contributed by atoms with E-state index in [4.69, 9.17) is 12.2 Å². The molecule has 1 rings (SSSR count). The van der Waals surface area contributed by atoms with Crippen LogP contribution < -0.4 is 16.0 Å². The first kappa shape index (κ1) is 27.1. The smallest absolute Gasteiger partial charge is 0.253 e. The molecule has 2 amide bonds. The summed E-state index contributed by atoms with van der Waals surface area (Å²) in [6, 6.07) is 7.15. The van der Waals surface area contributed by atoms with Crippen LogP contribution in [0.4, 0.5) is 5.69 Å². The lowest BCUT2D eigenvalue weighted by Crippen LogP contribution is -2.34. The summed E-state index contributed by atoms with van der Waals surface area (Å²) in [7, 11) is 0. The minimum absolute atomic E-state index is 0.0821. The van der Waals surface area contributed by atoms with Crippen LogP contribution in [0, 0.1) is 0 Å². The summed E-state index contributed by atoms with van der Waals surface area (Å²) >= 11 is 5.26. The van der Waals surface area contributed by atoms with Crippen molar-refractivity contribution in [1.82, 2.24) is 10.6 Å². The van der Waals surface area contributed by atoms with Crippen molar-refractivity contribution in [2.24, 2.45) is 0 Å². The van der Waals surface area contributed by atoms with Gasteiger partial charge in [0.25, 0.3) is 5.91 Å². The van der Waals surface area contributed by atoms with Gasteiger partial charge in [-0.25, -0.2) is 0 Å². The van der Waals surface area contributed by atoms with Crippen molar-refractivity contribution in [1.29, 1.82) is 0 Å². The predicted molar refractivity (Wildman–Crippen MR) is 135 cm³/mol. The first-order chi connectivity index (χ1) is 15.1. The largest absolute Gasteiger partial charge is 0.352 e. The van der Waals surface area contributed by atoms with Crippen LogP contribution >= 0.6 is 12.2 Å². The van der Waals surface area contributed by atoms with Crippen LogP contribution in [0.2, 0.25) is 0 Å². The molecule has 0 saturated heterocycles. The number of carbonyl (C=O) groups is 2. The summed E-state index contributed by atoms with van der Waals surface area (Å²) in [5.41, 5.74) is 1.11. The molecule has 31 heavy (non-hydrogen) atoms. The van der Waals surface area contributed by atoms with Gasteiger partial charge in [0.15, 0.2) is 5.11 Å². The SMILES string of the molecule is CCCCCCCCCCCCCC(=O)NC(=S)Nc1ccccc1C(=O)NCCC. The molecule has 0 aliphatic rings. The van der Waals surface area contributed by atoms with Gasteiger partial charge < -0.3 is 16.0 Å². The van der Waals surface area contributed by atoms with E-state index < -0.39 is 0 Å². The molecule has 174 valence electrons. The Balaban J connectivity index is 2.19. The van der Waals surface area contributed by atoms with Gasteiger partial charge >= 0.3 is 0 Å². The van der Waals surface area contributed by atoms with Crippen molar-refractivity contribution >= 4 is 34.8 Å². The number of thiocarbonyl (C=S) groups is 1. The average molecular weight is 448 g/mol. The molecule has 3 N–H and O–H groups in total. The predicted octanol–water partition coefficient (Wildman–Crippen LogP) is 6.34. The van der Waals surface area contributed by atoms with Crippen molar-refractivity contribution < 1.29 is 9.59 Å². The number of carbonyl (C=O) groups excluding carboxylic acids is 2. The summed E-state index contributed by atoms with van der Waals surface area (Å²) in [5.74, 6) is -0.235. The summed E-state index contributed by atoms with van der Waals surface area (Å²) in [6.45, 7) is 4.87. The van der Waals surface area contributed by atoms with Crippen molar-refractivity contribution in [2.45, 2.75) is 97.3 Å². The number of amides is 2.